The Kier molecular flexibility index (Phi) is 7.75. The van der Waals surface area contributed by atoms with E-state index in [0.717, 1.165) is 5.56 Å². The fourth-order valence-corrected chi connectivity index (χ4v) is 4.48. The Morgan fingerprint density at radius 2 is 1.95 bits per heavy atom. The number of nitrogens with zero attached hydrogens (tertiary/aromatic N) is 4. The third-order valence-electron chi connectivity index (χ3n) is 6.47. The minimum Gasteiger partial charge on any atom is -0.368 e. The second kappa shape index (κ2) is 11.0. The molecule has 3 heterocycles. The van der Waals surface area contributed by atoms with E-state index in [0.29, 0.717) is 30.2 Å². The van der Waals surface area contributed by atoms with E-state index in [1.54, 1.807) is 42.2 Å². The van der Waals surface area contributed by atoms with Crippen LogP contribution in [0.4, 0.5) is 14.6 Å². The lowest BCUT2D eigenvalue weighted by Gasteiger charge is -2.38. The highest BCUT2D eigenvalue weighted by molar-refractivity contribution is 5.95. The molecule has 194 valence electrons. The van der Waals surface area contributed by atoms with Crippen molar-refractivity contribution in [1.82, 2.24) is 25.4 Å². The lowest BCUT2D eigenvalue weighted by atomic mass is 9.81. The van der Waals surface area contributed by atoms with Gasteiger partial charge in [0.1, 0.15) is 11.6 Å². The summed E-state index contributed by atoms with van der Waals surface area (Å²) in [4.78, 5) is 29.8. The number of hydrogen-bond acceptors (Lipinski definition) is 6. The Bertz CT molecular complexity index is 1260. The standard InChI is InChI=1S/C27H30F2N6O2/c1-17(28)13-27(3,25-22(29)8-5-11-30-25)16-31-24-10-9-23(33-34-24)19-6-4-7-20(12-19)26(37)32-21-14-35(15-21)18(2)36/h4-12,17,21H,13-16H2,1-3H3,(H,31,34)(H,32,37)/t17-,27-/m0/s1. The average Bonchev–Trinajstić information content (AvgIpc) is 2.84. The van der Waals surface area contributed by atoms with Crippen LogP contribution in [0, 0.1) is 5.82 Å². The minimum absolute atomic E-state index is 0.00509. The van der Waals surface area contributed by atoms with Gasteiger partial charge < -0.3 is 15.5 Å². The van der Waals surface area contributed by atoms with Crippen molar-refractivity contribution in [3.63, 3.8) is 0 Å². The second-order valence-electron chi connectivity index (χ2n) is 9.71. The van der Waals surface area contributed by atoms with E-state index in [1.165, 1.54) is 32.2 Å². The van der Waals surface area contributed by atoms with Crippen molar-refractivity contribution in [2.24, 2.45) is 0 Å². The predicted octanol–water partition coefficient (Wildman–Crippen LogP) is 3.76. The van der Waals surface area contributed by atoms with E-state index >= 15 is 0 Å². The highest BCUT2D eigenvalue weighted by Crippen LogP contribution is 2.31. The zero-order chi connectivity index (χ0) is 26.6. The van der Waals surface area contributed by atoms with E-state index in [4.69, 9.17) is 0 Å². The van der Waals surface area contributed by atoms with E-state index in [9.17, 15) is 18.4 Å². The van der Waals surface area contributed by atoms with Gasteiger partial charge in [0.05, 0.1) is 23.6 Å². The molecule has 0 aliphatic carbocycles. The number of carbonyl (C=O) groups excluding carboxylic acids is 2. The number of anilines is 1. The first-order chi connectivity index (χ1) is 17.6. The monoisotopic (exact) mass is 508 g/mol. The highest BCUT2D eigenvalue weighted by atomic mass is 19.1. The van der Waals surface area contributed by atoms with Crippen molar-refractivity contribution in [2.75, 3.05) is 25.0 Å². The van der Waals surface area contributed by atoms with Gasteiger partial charge in [-0.05, 0) is 49.7 Å². The fourth-order valence-electron chi connectivity index (χ4n) is 4.48. The number of carbonyl (C=O) groups is 2. The van der Waals surface area contributed by atoms with Crippen LogP contribution in [0.15, 0.2) is 54.7 Å². The summed E-state index contributed by atoms with van der Waals surface area (Å²) in [5.41, 5.74) is 1.07. The van der Waals surface area contributed by atoms with Gasteiger partial charge in [-0.25, -0.2) is 8.78 Å². The van der Waals surface area contributed by atoms with Crippen LogP contribution < -0.4 is 10.6 Å². The normalized spacial score (nSPS) is 15.9. The molecule has 3 aromatic rings. The Morgan fingerprint density at radius 1 is 1.16 bits per heavy atom. The Labute approximate surface area is 214 Å². The first-order valence-corrected chi connectivity index (χ1v) is 12.1. The molecule has 37 heavy (non-hydrogen) atoms. The zero-order valence-corrected chi connectivity index (χ0v) is 21.0. The molecule has 1 aromatic carbocycles. The quantitative estimate of drug-likeness (QED) is 0.457. The van der Waals surface area contributed by atoms with Gasteiger partial charge >= 0.3 is 0 Å². The third-order valence-corrected chi connectivity index (χ3v) is 6.47. The molecule has 4 rings (SSSR count). The van der Waals surface area contributed by atoms with Crippen LogP contribution in [0.1, 0.15) is 43.2 Å². The minimum atomic E-state index is -1.15. The van der Waals surface area contributed by atoms with Gasteiger partial charge in [-0.1, -0.05) is 19.1 Å². The number of amides is 2. The lowest BCUT2D eigenvalue weighted by molar-refractivity contribution is -0.133. The molecule has 0 bridgehead atoms. The molecule has 2 atom stereocenters. The number of benzene rings is 1. The van der Waals surface area contributed by atoms with Crippen molar-refractivity contribution in [3.8, 4) is 11.3 Å². The van der Waals surface area contributed by atoms with E-state index in [2.05, 4.69) is 25.8 Å². The third kappa shape index (κ3) is 6.25. The molecule has 0 saturated carbocycles. The van der Waals surface area contributed by atoms with Crippen LogP contribution in [0.25, 0.3) is 11.3 Å². The summed E-state index contributed by atoms with van der Waals surface area (Å²) in [6, 6.07) is 13.3. The van der Waals surface area contributed by atoms with Crippen LogP contribution in [-0.2, 0) is 10.2 Å². The van der Waals surface area contributed by atoms with Crippen LogP contribution in [0.2, 0.25) is 0 Å². The molecule has 0 unspecified atom stereocenters. The molecule has 2 amide bonds. The highest BCUT2D eigenvalue weighted by Gasteiger charge is 2.33. The van der Waals surface area contributed by atoms with Gasteiger partial charge in [-0.15, -0.1) is 10.2 Å². The van der Waals surface area contributed by atoms with Gasteiger partial charge in [0.2, 0.25) is 5.91 Å². The van der Waals surface area contributed by atoms with Crippen LogP contribution >= 0.6 is 0 Å². The number of aromatic nitrogens is 3. The second-order valence-corrected chi connectivity index (χ2v) is 9.71. The van der Waals surface area contributed by atoms with Crippen molar-refractivity contribution in [1.29, 1.82) is 0 Å². The van der Waals surface area contributed by atoms with Crippen molar-refractivity contribution < 1.29 is 18.4 Å². The lowest BCUT2D eigenvalue weighted by Crippen LogP contribution is -2.60. The van der Waals surface area contributed by atoms with Gasteiger partial charge in [-0.3, -0.25) is 14.6 Å². The molecule has 0 radical (unpaired) electrons. The summed E-state index contributed by atoms with van der Waals surface area (Å²) < 4.78 is 28.4. The van der Waals surface area contributed by atoms with Crippen LogP contribution in [0.3, 0.4) is 0 Å². The van der Waals surface area contributed by atoms with Crippen molar-refractivity contribution in [2.45, 2.75) is 44.8 Å². The largest absolute Gasteiger partial charge is 0.368 e. The number of nitrogens with one attached hydrogen (secondary N) is 2. The number of likely N-dealkylation sites (tertiary alicyclic amines) is 1. The molecule has 1 aliphatic heterocycles. The number of halogens is 2. The fraction of sp³-hybridized carbons (Fsp3) is 0.370. The van der Waals surface area contributed by atoms with Gasteiger partial charge in [0, 0.05) is 49.3 Å². The summed E-state index contributed by atoms with van der Waals surface area (Å²) in [7, 11) is 0. The first kappa shape index (κ1) is 26.1. The first-order valence-electron chi connectivity index (χ1n) is 12.1. The molecule has 1 fully saturated rings. The molecule has 8 nitrogen and oxygen atoms in total. The maximum Gasteiger partial charge on any atom is 0.251 e. The molecule has 2 aromatic heterocycles. The molecule has 1 saturated heterocycles. The Hall–Kier alpha value is -3.95. The Morgan fingerprint density at radius 3 is 2.59 bits per heavy atom. The van der Waals surface area contributed by atoms with Crippen LogP contribution in [-0.4, -0.2) is 63.7 Å². The summed E-state index contributed by atoms with van der Waals surface area (Å²) in [5.74, 6) is -0.253. The molecule has 1 aliphatic rings. The zero-order valence-electron chi connectivity index (χ0n) is 21.0. The topological polar surface area (TPSA) is 100 Å². The maximum absolute atomic E-state index is 14.4. The van der Waals surface area contributed by atoms with Crippen molar-refractivity contribution in [3.05, 3.63) is 71.8 Å². The van der Waals surface area contributed by atoms with Crippen LogP contribution in [0.5, 0.6) is 0 Å². The van der Waals surface area contributed by atoms with Gasteiger partial charge in [0.15, 0.2) is 0 Å². The molecular formula is C27H30F2N6O2. The summed E-state index contributed by atoms with van der Waals surface area (Å²) >= 11 is 0. The summed E-state index contributed by atoms with van der Waals surface area (Å²) in [5, 5.41) is 14.5. The molecule has 10 heteroatoms. The number of rotatable bonds is 9. The van der Waals surface area contributed by atoms with E-state index in [1.807, 2.05) is 6.07 Å². The SMILES string of the molecule is CC(=O)N1CC(NC(=O)c2cccc(-c3ccc(NC[C@](C)(C[C@H](C)F)c4ncccc4F)nn3)c2)C1. The summed E-state index contributed by atoms with van der Waals surface area (Å²) in [6.45, 7) is 5.94. The van der Waals surface area contributed by atoms with E-state index in [-0.39, 0.29) is 36.5 Å². The van der Waals surface area contributed by atoms with Gasteiger partial charge in [0.25, 0.3) is 5.91 Å². The smallest absolute Gasteiger partial charge is 0.251 e. The predicted molar refractivity (Wildman–Crippen MR) is 136 cm³/mol. The number of pyridine rings is 1. The average molecular weight is 509 g/mol. The number of hydrogen-bond donors (Lipinski definition) is 2. The maximum atomic E-state index is 14.4. The number of alkyl halides is 1. The van der Waals surface area contributed by atoms with E-state index < -0.39 is 17.4 Å². The Balaban J connectivity index is 1.41. The molecular weight excluding hydrogens is 478 g/mol. The molecule has 2 N–H and O–H groups in total. The van der Waals surface area contributed by atoms with Gasteiger partial charge in [-0.2, -0.15) is 0 Å². The molecule has 0 spiro atoms. The van der Waals surface area contributed by atoms with Crippen molar-refractivity contribution >= 4 is 17.6 Å². The summed E-state index contributed by atoms with van der Waals surface area (Å²) in [6.07, 6.45) is 0.431.